The summed E-state index contributed by atoms with van der Waals surface area (Å²) >= 11 is 0. The van der Waals surface area contributed by atoms with E-state index in [9.17, 15) is 4.79 Å². The quantitative estimate of drug-likeness (QED) is 0.625. The Morgan fingerprint density at radius 2 is 2.06 bits per heavy atom. The molecule has 5 nitrogen and oxygen atoms in total. The second-order valence-corrected chi connectivity index (χ2v) is 3.37. The number of nitrogens with one attached hydrogen (secondary N) is 1. The summed E-state index contributed by atoms with van der Waals surface area (Å²) in [5.74, 6) is 0.821. The fourth-order valence-electron chi connectivity index (χ4n) is 1.39. The van der Waals surface area contributed by atoms with Gasteiger partial charge in [-0.05, 0) is 18.2 Å². The summed E-state index contributed by atoms with van der Waals surface area (Å²) in [5.41, 5.74) is 5.88. The lowest BCUT2D eigenvalue weighted by Gasteiger charge is -2.05. The van der Waals surface area contributed by atoms with Crippen LogP contribution in [0.25, 0.3) is 0 Å². The molecule has 0 fully saturated rings. The third kappa shape index (κ3) is 2.39. The molecule has 0 aliphatic heterocycles. The standard InChI is InChI=1S/C12H12N2O3/c1-16-8-3-2-4-9(7-8)17-12(15)10-5-6-14-11(10)13/h2-7,14H,13H2,1H3. The number of carbonyl (C=O) groups is 1. The molecular formula is C12H12N2O3. The predicted octanol–water partition coefficient (Wildman–Crippen LogP) is 1.82. The average molecular weight is 232 g/mol. The monoisotopic (exact) mass is 232 g/mol. The van der Waals surface area contributed by atoms with Gasteiger partial charge in [-0.3, -0.25) is 0 Å². The molecule has 0 bridgehead atoms. The SMILES string of the molecule is COc1cccc(OC(=O)c2cc[nH]c2N)c1. The third-order valence-corrected chi connectivity index (χ3v) is 2.25. The van der Waals surface area contributed by atoms with E-state index in [-0.39, 0.29) is 5.82 Å². The molecule has 17 heavy (non-hydrogen) atoms. The van der Waals surface area contributed by atoms with E-state index in [0.717, 1.165) is 0 Å². The number of nitrogens with two attached hydrogens (primary N) is 1. The molecule has 2 aromatic rings. The Morgan fingerprint density at radius 1 is 1.29 bits per heavy atom. The Morgan fingerprint density at radius 3 is 2.71 bits per heavy atom. The van der Waals surface area contributed by atoms with Gasteiger partial charge in [0.2, 0.25) is 0 Å². The molecule has 1 heterocycles. The van der Waals surface area contributed by atoms with Crippen LogP contribution in [0, 0.1) is 0 Å². The number of carbonyl (C=O) groups excluding carboxylic acids is 1. The average Bonchev–Trinajstić information content (AvgIpc) is 2.76. The first kappa shape index (κ1) is 11.1. The number of aromatic nitrogens is 1. The van der Waals surface area contributed by atoms with Gasteiger partial charge in [0.1, 0.15) is 22.9 Å². The van der Waals surface area contributed by atoms with E-state index in [2.05, 4.69) is 4.98 Å². The maximum absolute atomic E-state index is 11.7. The van der Waals surface area contributed by atoms with E-state index < -0.39 is 5.97 Å². The summed E-state index contributed by atoms with van der Waals surface area (Å²) in [7, 11) is 1.55. The van der Waals surface area contributed by atoms with Gasteiger partial charge in [-0.1, -0.05) is 6.07 Å². The van der Waals surface area contributed by atoms with Crippen molar-refractivity contribution in [2.24, 2.45) is 0 Å². The summed E-state index contributed by atoms with van der Waals surface area (Å²) in [5, 5.41) is 0. The molecular weight excluding hydrogens is 220 g/mol. The molecule has 0 aliphatic rings. The number of H-pyrrole nitrogens is 1. The topological polar surface area (TPSA) is 77.3 Å². The minimum absolute atomic E-state index is 0.290. The molecule has 0 atom stereocenters. The number of nitrogen functional groups attached to an aromatic ring is 1. The Balaban J connectivity index is 2.16. The van der Waals surface area contributed by atoms with Crippen LogP contribution in [0.4, 0.5) is 5.82 Å². The largest absolute Gasteiger partial charge is 0.497 e. The van der Waals surface area contributed by atoms with E-state index in [1.807, 2.05) is 0 Å². The lowest BCUT2D eigenvalue weighted by molar-refractivity contribution is 0.0736. The number of hydrogen-bond donors (Lipinski definition) is 2. The zero-order chi connectivity index (χ0) is 12.3. The van der Waals surface area contributed by atoms with Crippen molar-refractivity contribution in [1.82, 2.24) is 4.98 Å². The van der Waals surface area contributed by atoms with Crippen LogP contribution in [0.5, 0.6) is 11.5 Å². The first-order valence-corrected chi connectivity index (χ1v) is 5.00. The number of hydrogen-bond acceptors (Lipinski definition) is 4. The molecule has 0 unspecified atom stereocenters. The highest BCUT2D eigenvalue weighted by molar-refractivity contribution is 5.95. The molecule has 0 saturated carbocycles. The lowest BCUT2D eigenvalue weighted by atomic mass is 10.3. The zero-order valence-electron chi connectivity index (χ0n) is 9.27. The molecule has 0 saturated heterocycles. The fourth-order valence-corrected chi connectivity index (χ4v) is 1.39. The first-order valence-electron chi connectivity index (χ1n) is 5.00. The van der Waals surface area contributed by atoms with E-state index in [1.165, 1.54) is 0 Å². The molecule has 1 aromatic carbocycles. The summed E-state index contributed by atoms with van der Waals surface area (Å²) in [6.07, 6.45) is 1.58. The van der Waals surface area contributed by atoms with Gasteiger partial charge < -0.3 is 20.2 Å². The Labute approximate surface area is 98.2 Å². The van der Waals surface area contributed by atoms with E-state index in [0.29, 0.717) is 17.1 Å². The maximum atomic E-state index is 11.7. The number of benzene rings is 1. The van der Waals surface area contributed by atoms with Crippen LogP contribution in [0.3, 0.4) is 0 Å². The van der Waals surface area contributed by atoms with E-state index >= 15 is 0 Å². The Kier molecular flexibility index (Phi) is 3.00. The van der Waals surface area contributed by atoms with Gasteiger partial charge in [-0.2, -0.15) is 0 Å². The van der Waals surface area contributed by atoms with Gasteiger partial charge in [0.05, 0.1) is 7.11 Å². The predicted molar refractivity (Wildman–Crippen MR) is 63.2 cm³/mol. The zero-order valence-corrected chi connectivity index (χ0v) is 9.27. The molecule has 0 amide bonds. The van der Waals surface area contributed by atoms with Crippen LogP contribution < -0.4 is 15.2 Å². The first-order chi connectivity index (χ1) is 8.20. The second kappa shape index (κ2) is 4.61. The number of ether oxygens (including phenoxy) is 2. The van der Waals surface area contributed by atoms with Crippen molar-refractivity contribution < 1.29 is 14.3 Å². The van der Waals surface area contributed by atoms with Crippen LogP contribution in [0.1, 0.15) is 10.4 Å². The van der Waals surface area contributed by atoms with Crippen molar-refractivity contribution in [2.45, 2.75) is 0 Å². The van der Waals surface area contributed by atoms with Crippen LogP contribution >= 0.6 is 0 Å². The van der Waals surface area contributed by atoms with Crippen LogP contribution in [0.2, 0.25) is 0 Å². The highest BCUT2D eigenvalue weighted by atomic mass is 16.5. The van der Waals surface area contributed by atoms with E-state index in [4.69, 9.17) is 15.2 Å². The van der Waals surface area contributed by atoms with Gasteiger partial charge >= 0.3 is 5.97 Å². The van der Waals surface area contributed by atoms with Crippen molar-refractivity contribution in [3.63, 3.8) is 0 Å². The maximum Gasteiger partial charge on any atom is 0.347 e. The van der Waals surface area contributed by atoms with Crippen molar-refractivity contribution in [1.29, 1.82) is 0 Å². The summed E-state index contributed by atoms with van der Waals surface area (Å²) in [4.78, 5) is 14.4. The number of anilines is 1. The molecule has 88 valence electrons. The van der Waals surface area contributed by atoms with Crippen molar-refractivity contribution in [2.75, 3.05) is 12.8 Å². The molecule has 0 spiro atoms. The summed E-state index contributed by atoms with van der Waals surface area (Å²) in [6.45, 7) is 0. The Bertz CT molecular complexity index is 534. The fraction of sp³-hybridized carbons (Fsp3) is 0.0833. The van der Waals surface area contributed by atoms with Crippen molar-refractivity contribution >= 4 is 11.8 Å². The van der Waals surface area contributed by atoms with Crippen molar-refractivity contribution in [3.05, 3.63) is 42.1 Å². The van der Waals surface area contributed by atoms with Crippen LogP contribution in [-0.4, -0.2) is 18.1 Å². The van der Waals surface area contributed by atoms with Crippen LogP contribution in [-0.2, 0) is 0 Å². The Hall–Kier alpha value is -2.43. The lowest BCUT2D eigenvalue weighted by Crippen LogP contribution is -2.09. The molecule has 3 N–H and O–H groups in total. The minimum Gasteiger partial charge on any atom is -0.497 e. The van der Waals surface area contributed by atoms with Crippen LogP contribution in [0.15, 0.2) is 36.5 Å². The molecule has 0 radical (unpaired) electrons. The normalized spacial score (nSPS) is 9.94. The summed E-state index contributed by atoms with van der Waals surface area (Å²) in [6, 6.07) is 8.37. The minimum atomic E-state index is -0.503. The van der Waals surface area contributed by atoms with E-state index in [1.54, 1.807) is 43.6 Å². The van der Waals surface area contributed by atoms with Gasteiger partial charge in [0.15, 0.2) is 0 Å². The highest BCUT2D eigenvalue weighted by Crippen LogP contribution is 2.20. The molecule has 5 heteroatoms. The molecule has 0 aliphatic carbocycles. The molecule has 1 aromatic heterocycles. The number of methoxy groups -OCH3 is 1. The van der Waals surface area contributed by atoms with Gasteiger partial charge in [0.25, 0.3) is 0 Å². The number of rotatable bonds is 3. The second-order valence-electron chi connectivity index (χ2n) is 3.37. The van der Waals surface area contributed by atoms with Gasteiger partial charge in [-0.15, -0.1) is 0 Å². The number of aromatic amines is 1. The highest BCUT2D eigenvalue weighted by Gasteiger charge is 2.13. The molecule has 2 rings (SSSR count). The van der Waals surface area contributed by atoms with Gasteiger partial charge in [0, 0.05) is 12.3 Å². The number of esters is 1. The summed E-state index contributed by atoms with van der Waals surface area (Å²) < 4.78 is 10.2. The third-order valence-electron chi connectivity index (χ3n) is 2.25. The van der Waals surface area contributed by atoms with Crippen molar-refractivity contribution in [3.8, 4) is 11.5 Å². The van der Waals surface area contributed by atoms with Gasteiger partial charge in [-0.25, -0.2) is 4.79 Å². The smallest absolute Gasteiger partial charge is 0.347 e.